The smallest absolute Gasteiger partial charge is 0.123 e. The zero-order chi connectivity index (χ0) is 18.4. The lowest BCUT2D eigenvalue weighted by molar-refractivity contribution is 0.115. The van der Waals surface area contributed by atoms with Crippen molar-refractivity contribution in [1.82, 2.24) is 4.98 Å². The van der Waals surface area contributed by atoms with Gasteiger partial charge in [0.15, 0.2) is 0 Å². The Kier molecular flexibility index (Phi) is 6.45. The molecule has 2 aromatic carbocycles. The van der Waals surface area contributed by atoms with E-state index in [1.165, 1.54) is 9.79 Å². The highest BCUT2D eigenvalue weighted by Gasteiger charge is 2.22. The van der Waals surface area contributed by atoms with Gasteiger partial charge in [-0.05, 0) is 42.7 Å². The number of aliphatic hydroxyl groups excluding tert-OH is 2. The van der Waals surface area contributed by atoms with Crippen molar-refractivity contribution in [2.45, 2.75) is 28.2 Å². The predicted molar refractivity (Wildman–Crippen MR) is 108 cm³/mol. The number of aromatic nitrogens is 1. The third-order valence-electron chi connectivity index (χ3n) is 4.23. The van der Waals surface area contributed by atoms with Gasteiger partial charge in [-0.15, -0.1) is 11.3 Å². The van der Waals surface area contributed by atoms with Crippen LogP contribution in [0.4, 0.5) is 0 Å². The Morgan fingerprint density at radius 1 is 0.962 bits per heavy atom. The lowest BCUT2D eigenvalue weighted by atomic mass is 9.94. The van der Waals surface area contributed by atoms with Crippen LogP contribution in [0.25, 0.3) is 10.6 Å². The number of rotatable bonds is 8. The maximum absolute atomic E-state index is 9.26. The first-order valence-corrected chi connectivity index (χ1v) is 10.1. The second kappa shape index (κ2) is 8.79. The Balaban J connectivity index is 1.59. The SMILES string of the molecule is NC(CO)(CO)CCc1ccc(Sc2ccc(-c3nccs3)cc2)cc1. The number of hydrogen-bond acceptors (Lipinski definition) is 6. The molecule has 3 aromatic rings. The molecule has 0 aliphatic carbocycles. The summed E-state index contributed by atoms with van der Waals surface area (Å²) in [6, 6.07) is 16.7. The molecule has 4 N–H and O–H groups in total. The van der Waals surface area contributed by atoms with E-state index in [0.717, 1.165) is 22.6 Å². The molecule has 3 rings (SSSR count). The number of hydrogen-bond donors (Lipinski definition) is 3. The fourth-order valence-corrected chi connectivity index (χ4v) is 3.95. The van der Waals surface area contributed by atoms with Gasteiger partial charge in [-0.25, -0.2) is 4.98 Å². The summed E-state index contributed by atoms with van der Waals surface area (Å²) in [5.41, 5.74) is 7.29. The van der Waals surface area contributed by atoms with Crippen molar-refractivity contribution in [1.29, 1.82) is 0 Å². The quantitative estimate of drug-likeness (QED) is 0.551. The van der Waals surface area contributed by atoms with Gasteiger partial charge in [0.25, 0.3) is 0 Å². The van der Waals surface area contributed by atoms with E-state index in [0.29, 0.717) is 6.42 Å². The zero-order valence-electron chi connectivity index (χ0n) is 14.3. The molecule has 0 bridgehead atoms. The van der Waals surface area contributed by atoms with Crippen LogP contribution in [0, 0.1) is 0 Å². The van der Waals surface area contributed by atoms with Gasteiger partial charge in [0.1, 0.15) is 5.01 Å². The normalized spacial score (nSPS) is 11.7. The average Bonchev–Trinajstić information content (AvgIpc) is 3.23. The van der Waals surface area contributed by atoms with Crippen molar-refractivity contribution in [3.8, 4) is 10.6 Å². The van der Waals surface area contributed by atoms with Gasteiger partial charge < -0.3 is 15.9 Å². The largest absolute Gasteiger partial charge is 0.394 e. The highest BCUT2D eigenvalue weighted by atomic mass is 32.2. The van der Waals surface area contributed by atoms with Crippen molar-refractivity contribution in [3.05, 3.63) is 65.7 Å². The molecule has 0 radical (unpaired) electrons. The number of thiazole rings is 1. The molecule has 6 heteroatoms. The van der Waals surface area contributed by atoms with Gasteiger partial charge in [-0.3, -0.25) is 0 Å². The van der Waals surface area contributed by atoms with Crippen LogP contribution in [0.15, 0.2) is 69.9 Å². The van der Waals surface area contributed by atoms with Crippen molar-refractivity contribution in [3.63, 3.8) is 0 Å². The van der Waals surface area contributed by atoms with Crippen LogP contribution in [0.5, 0.6) is 0 Å². The lowest BCUT2D eigenvalue weighted by Crippen LogP contribution is -2.47. The number of aryl methyl sites for hydroxylation is 1. The molecular formula is C20H22N2O2S2. The molecule has 0 aliphatic heterocycles. The Morgan fingerprint density at radius 2 is 1.58 bits per heavy atom. The van der Waals surface area contributed by atoms with Crippen LogP contribution in [-0.2, 0) is 6.42 Å². The lowest BCUT2D eigenvalue weighted by Gasteiger charge is -2.24. The second-order valence-electron chi connectivity index (χ2n) is 6.29. The summed E-state index contributed by atoms with van der Waals surface area (Å²) in [7, 11) is 0. The van der Waals surface area contributed by atoms with Gasteiger partial charge in [-0.1, -0.05) is 36.0 Å². The Morgan fingerprint density at radius 3 is 2.12 bits per heavy atom. The summed E-state index contributed by atoms with van der Waals surface area (Å²) in [6.07, 6.45) is 3.09. The summed E-state index contributed by atoms with van der Waals surface area (Å²) in [4.78, 5) is 6.67. The monoisotopic (exact) mass is 386 g/mol. The topological polar surface area (TPSA) is 79.4 Å². The first-order chi connectivity index (χ1) is 12.6. The molecule has 136 valence electrons. The molecule has 4 nitrogen and oxygen atoms in total. The van der Waals surface area contributed by atoms with Gasteiger partial charge in [0, 0.05) is 26.9 Å². The first kappa shape index (κ1) is 19.1. The highest BCUT2D eigenvalue weighted by Crippen LogP contribution is 2.30. The molecule has 0 fully saturated rings. The van der Waals surface area contributed by atoms with Crippen molar-refractivity contribution < 1.29 is 10.2 Å². The zero-order valence-corrected chi connectivity index (χ0v) is 16.0. The van der Waals surface area contributed by atoms with Gasteiger partial charge in [-0.2, -0.15) is 0 Å². The number of benzene rings is 2. The van der Waals surface area contributed by atoms with E-state index >= 15 is 0 Å². The van der Waals surface area contributed by atoms with Gasteiger partial charge in [0.05, 0.1) is 18.8 Å². The van der Waals surface area contributed by atoms with E-state index in [-0.39, 0.29) is 13.2 Å². The van der Waals surface area contributed by atoms with E-state index in [2.05, 4.69) is 53.5 Å². The third-order valence-corrected chi connectivity index (χ3v) is 6.07. The Labute approximate surface area is 161 Å². The van der Waals surface area contributed by atoms with E-state index in [1.807, 2.05) is 11.6 Å². The van der Waals surface area contributed by atoms with Crippen molar-refractivity contribution >= 4 is 23.1 Å². The summed E-state index contributed by atoms with van der Waals surface area (Å²) >= 11 is 3.35. The van der Waals surface area contributed by atoms with Crippen LogP contribution in [-0.4, -0.2) is 33.9 Å². The fourth-order valence-electron chi connectivity index (χ4n) is 2.49. The molecule has 0 amide bonds. The van der Waals surface area contributed by atoms with E-state index in [4.69, 9.17) is 5.73 Å². The molecule has 1 aromatic heterocycles. The summed E-state index contributed by atoms with van der Waals surface area (Å²) < 4.78 is 0. The molecule has 1 heterocycles. The summed E-state index contributed by atoms with van der Waals surface area (Å²) in [5, 5.41) is 21.5. The molecule has 0 saturated carbocycles. The van der Waals surface area contributed by atoms with Crippen LogP contribution in [0.2, 0.25) is 0 Å². The molecule has 0 aliphatic rings. The number of nitrogens with zero attached hydrogens (tertiary/aromatic N) is 1. The first-order valence-electron chi connectivity index (χ1n) is 8.39. The van der Waals surface area contributed by atoms with Crippen LogP contribution >= 0.6 is 23.1 Å². The van der Waals surface area contributed by atoms with Crippen LogP contribution in [0.1, 0.15) is 12.0 Å². The number of nitrogens with two attached hydrogens (primary N) is 1. The minimum atomic E-state index is -0.910. The van der Waals surface area contributed by atoms with Crippen LogP contribution in [0.3, 0.4) is 0 Å². The van der Waals surface area contributed by atoms with E-state index < -0.39 is 5.54 Å². The maximum Gasteiger partial charge on any atom is 0.123 e. The molecular weight excluding hydrogens is 364 g/mol. The third kappa shape index (κ3) is 4.93. The van der Waals surface area contributed by atoms with Crippen molar-refractivity contribution in [2.24, 2.45) is 5.73 Å². The molecule has 0 unspecified atom stereocenters. The molecule has 0 atom stereocenters. The molecule has 0 saturated heterocycles. The van der Waals surface area contributed by atoms with Gasteiger partial charge >= 0.3 is 0 Å². The highest BCUT2D eigenvalue weighted by molar-refractivity contribution is 7.99. The molecule has 26 heavy (non-hydrogen) atoms. The number of aliphatic hydroxyl groups is 2. The summed E-state index contributed by atoms with van der Waals surface area (Å²) in [5.74, 6) is 0. The van der Waals surface area contributed by atoms with Crippen LogP contribution < -0.4 is 5.73 Å². The Hall–Kier alpha value is -1.70. The van der Waals surface area contributed by atoms with E-state index in [1.54, 1.807) is 23.1 Å². The second-order valence-corrected chi connectivity index (χ2v) is 8.33. The van der Waals surface area contributed by atoms with E-state index in [9.17, 15) is 10.2 Å². The fraction of sp³-hybridized carbons (Fsp3) is 0.250. The maximum atomic E-state index is 9.26. The molecule has 0 spiro atoms. The predicted octanol–water partition coefficient (Wildman–Crippen LogP) is 3.58. The Bertz CT molecular complexity index is 799. The average molecular weight is 387 g/mol. The van der Waals surface area contributed by atoms with Gasteiger partial charge in [0.2, 0.25) is 0 Å². The standard InChI is InChI=1S/C20H22N2O2S2/c21-20(13-23,14-24)10-9-15-1-5-17(6-2-15)26-18-7-3-16(4-8-18)19-22-11-12-25-19/h1-8,11-12,23-24H,9-10,13-14,21H2. The minimum absolute atomic E-state index is 0.214. The minimum Gasteiger partial charge on any atom is -0.394 e. The summed E-state index contributed by atoms with van der Waals surface area (Å²) in [6.45, 7) is -0.428. The van der Waals surface area contributed by atoms with Crippen molar-refractivity contribution in [2.75, 3.05) is 13.2 Å².